The predicted octanol–water partition coefficient (Wildman–Crippen LogP) is 2.42. The van der Waals surface area contributed by atoms with E-state index in [1.165, 1.54) is 5.56 Å². The molecule has 0 aromatic carbocycles. The molecular formula is C13H20N2OS. The van der Waals surface area contributed by atoms with Crippen LogP contribution in [-0.2, 0) is 6.42 Å². The van der Waals surface area contributed by atoms with Gasteiger partial charge in [-0.15, -0.1) is 0 Å². The Morgan fingerprint density at radius 1 is 1.59 bits per heavy atom. The maximum atomic E-state index is 5.83. The third kappa shape index (κ3) is 3.61. The lowest BCUT2D eigenvalue weighted by molar-refractivity contribution is 0.0801. The number of nitrogens with one attached hydrogen (secondary N) is 1. The van der Waals surface area contributed by atoms with Gasteiger partial charge in [0.15, 0.2) is 0 Å². The standard InChI is InChI=1S/C13H20N2OS/c1-3-10-4-5-14-13(6-10)16-12-7-11(8-12)15-9(2)17/h4-6,9,11-12,15,17H,3,7-8H2,1-2H3/t9?,11-,12-. The van der Waals surface area contributed by atoms with Crippen LogP contribution >= 0.6 is 12.6 Å². The van der Waals surface area contributed by atoms with Crippen molar-refractivity contribution in [2.45, 2.75) is 50.6 Å². The number of ether oxygens (including phenoxy) is 1. The molecule has 1 fully saturated rings. The molecule has 1 aromatic heterocycles. The number of pyridine rings is 1. The molecule has 1 aliphatic carbocycles. The maximum absolute atomic E-state index is 5.83. The SMILES string of the molecule is CCc1ccnc(O[C@H]2C[C@H](NC(C)S)C2)c1. The first-order valence-corrected chi connectivity index (χ1v) is 6.74. The Bertz CT molecular complexity index is 364. The molecule has 2 rings (SSSR count). The van der Waals surface area contributed by atoms with Crippen LogP contribution in [0.5, 0.6) is 5.88 Å². The lowest BCUT2D eigenvalue weighted by atomic mass is 9.89. The number of thiol groups is 1. The first kappa shape index (κ1) is 12.7. The summed E-state index contributed by atoms with van der Waals surface area (Å²) in [5.41, 5.74) is 1.27. The number of aryl methyl sites for hydroxylation is 1. The van der Waals surface area contributed by atoms with E-state index in [4.69, 9.17) is 4.74 Å². The minimum Gasteiger partial charge on any atom is -0.474 e. The maximum Gasteiger partial charge on any atom is 0.213 e. The zero-order valence-electron chi connectivity index (χ0n) is 10.4. The molecule has 1 aliphatic rings. The Morgan fingerprint density at radius 3 is 3.00 bits per heavy atom. The van der Waals surface area contributed by atoms with E-state index < -0.39 is 0 Å². The van der Waals surface area contributed by atoms with E-state index in [9.17, 15) is 0 Å². The molecule has 94 valence electrons. The van der Waals surface area contributed by atoms with Crippen molar-refractivity contribution in [2.24, 2.45) is 0 Å². The Morgan fingerprint density at radius 2 is 2.35 bits per heavy atom. The largest absolute Gasteiger partial charge is 0.474 e. The molecule has 0 radical (unpaired) electrons. The van der Waals surface area contributed by atoms with Gasteiger partial charge in [0, 0.05) is 23.7 Å². The van der Waals surface area contributed by atoms with E-state index in [1.807, 2.05) is 25.3 Å². The van der Waals surface area contributed by atoms with E-state index >= 15 is 0 Å². The van der Waals surface area contributed by atoms with E-state index in [0.29, 0.717) is 12.1 Å². The van der Waals surface area contributed by atoms with Crippen molar-refractivity contribution < 1.29 is 4.74 Å². The summed E-state index contributed by atoms with van der Waals surface area (Å²) in [5, 5.41) is 3.63. The minimum absolute atomic E-state index is 0.252. The molecule has 1 heterocycles. The molecular weight excluding hydrogens is 232 g/mol. The van der Waals surface area contributed by atoms with Crippen LogP contribution in [0.25, 0.3) is 0 Å². The molecule has 17 heavy (non-hydrogen) atoms. The predicted molar refractivity (Wildman–Crippen MR) is 72.6 cm³/mol. The Hall–Kier alpha value is -0.740. The third-order valence-corrected chi connectivity index (χ3v) is 3.22. The molecule has 0 amide bonds. The van der Waals surface area contributed by atoms with E-state index in [1.54, 1.807) is 0 Å². The van der Waals surface area contributed by atoms with Crippen LogP contribution in [0, 0.1) is 0 Å². The van der Waals surface area contributed by atoms with E-state index in [0.717, 1.165) is 25.1 Å². The highest BCUT2D eigenvalue weighted by atomic mass is 32.1. The number of aromatic nitrogens is 1. The van der Waals surface area contributed by atoms with Crippen LogP contribution < -0.4 is 10.1 Å². The van der Waals surface area contributed by atoms with Gasteiger partial charge in [0.05, 0.1) is 0 Å². The second-order valence-electron chi connectivity index (χ2n) is 4.61. The van der Waals surface area contributed by atoms with Gasteiger partial charge in [-0.3, -0.25) is 0 Å². The Balaban J connectivity index is 1.79. The molecule has 1 atom stereocenters. The lowest BCUT2D eigenvalue weighted by Crippen LogP contribution is -2.48. The zero-order valence-corrected chi connectivity index (χ0v) is 11.3. The van der Waals surface area contributed by atoms with Crippen LogP contribution in [-0.4, -0.2) is 22.5 Å². The molecule has 1 N–H and O–H groups in total. The van der Waals surface area contributed by atoms with Gasteiger partial charge < -0.3 is 10.1 Å². The number of hydrogen-bond donors (Lipinski definition) is 2. The highest BCUT2D eigenvalue weighted by molar-refractivity contribution is 7.80. The van der Waals surface area contributed by atoms with Gasteiger partial charge in [-0.05, 0) is 37.8 Å². The smallest absolute Gasteiger partial charge is 0.213 e. The van der Waals surface area contributed by atoms with Gasteiger partial charge in [-0.25, -0.2) is 4.98 Å². The number of nitrogens with zero attached hydrogens (tertiary/aromatic N) is 1. The second kappa shape index (κ2) is 5.74. The number of rotatable bonds is 5. The topological polar surface area (TPSA) is 34.1 Å². The highest BCUT2D eigenvalue weighted by Gasteiger charge is 2.31. The van der Waals surface area contributed by atoms with Gasteiger partial charge in [-0.2, -0.15) is 12.6 Å². The van der Waals surface area contributed by atoms with Gasteiger partial charge in [0.2, 0.25) is 5.88 Å². The van der Waals surface area contributed by atoms with Crippen LogP contribution in [0.2, 0.25) is 0 Å². The molecule has 1 unspecified atom stereocenters. The minimum atomic E-state index is 0.252. The second-order valence-corrected chi connectivity index (χ2v) is 5.38. The van der Waals surface area contributed by atoms with Crippen molar-refractivity contribution in [1.29, 1.82) is 0 Å². The van der Waals surface area contributed by atoms with E-state index in [-0.39, 0.29) is 5.37 Å². The summed E-state index contributed by atoms with van der Waals surface area (Å²) >= 11 is 4.32. The van der Waals surface area contributed by atoms with Crippen molar-refractivity contribution in [3.05, 3.63) is 23.9 Å². The zero-order chi connectivity index (χ0) is 12.3. The molecule has 0 aliphatic heterocycles. The van der Waals surface area contributed by atoms with Gasteiger partial charge >= 0.3 is 0 Å². The van der Waals surface area contributed by atoms with E-state index in [2.05, 4.69) is 29.9 Å². The summed E-state index contributed by atoms with van der Waals surface area (Å²) in [5.74, 6) is 0.756. The van der Waals surface area contributed by atoms with Crippen molar-refractivity contribution >= 4 is 12.6 Å². The van der Waals surface area contributed by atoms with Crippen LogP contribution in [0.15, 0.2) is 18.3 Å². The molecule has 3 nitrogen and oxygen atoms in total. The summed E-state index contributed by atoms with van der Waals surface area (Å²) < 4.78 is 5.83. The normalized spacial score (nSPS) is 25.1. The van der Waals surface area contributed by atoms with Crippen molar-refractivity contribution in [2.75, 3.05) is 0 Å². The first-order valence-electron chi connectivity index (χ1n) is 6.23. The first-order chi connectivity index (χ1) is 8.17. The van der Waals surface area contributed by atoms with Gasteiger partial charge in [0.25, 0.3) is 0 Å². The summed E-state index contributed by atoms with van der Waals surface area (Å²) in [6.07, 6.45) is 5.23. The molecule has 0 spiro atoms. The summed E-state index contributed by atoms with van der Waals surface area (Å²) in [7, 11) is 0. The summed E-state index contributed by atoms with van der Waals surface area (Å²) in [4.78, 5) is 4.24. The molecule has 0 saturated heterocycles. The van der Waals surface area contributed by atoms with Gasteiger partial charge in [0.1, 0.15) is 6.10 Å². The molecule has 1 saturated carbocycles. The highest BCUT2D eigenvalue weighted by Crippen LogP contribution is 2.25. The van der Waals surface area contributed by atoms with Crippen LogP contribution in [0.3, 0.4) is 0 Å². The summed E-state index contributed by atoms with van der Waals surface area (Å²) in [6.45, 7) is 4.18. The van der Waals surface area contributed by atoms with Crippen molar-refractivity contribution in [1.82, 2.24) is 10.3 Å². The fraction of sp³-hybridized carbons (Fsp3) is 0.615. The van der Waals surface area contributed by atoms with Gasteiger partial charge in [-0.1, -0.05) is 6.92 Å². The van der Waals surface area contributed by atoms with Crippen LogP contribution in [0.4, 0.5) is 0 Å². The summed E-state index contributed by atoms with van der Waals surface area (Å²) in [6, 6.07) is 4.60. The monoisotopic (exact) mass is 252 g/mol. The average Bonchev–Trinajstić information content (AvgIpc) is 2.26. The number of hydrogen-bond acceptors (Lipinski definition) is 4. The lowest BCUT2D eigenvalue weighted by Gasteiger charge is -2.36. The third-order valence-electron chi connectivity index (χ3n) is 3.07. The molecule has 4 heteroatoms. The Labute approximate surface area is 108 Å². The fourth-order valence-corrected chi connectivity index (χ4v) is 2.26. The molecule has 1 aromatic rings. The van der Waals surface area contributed by atoms with Crippen molar-refractivity contribution in [3.63, 3.8) is 0 Å². The quantitative estimate of drug-likeness (QED) is 0.624. The average molecular weight is 252 g/mol. The molecule has 0 bridgehead atoms. The van der Waals surface area contributed by atoms with Crippen LogP contribution in [0.1, 0.15) is 32.3 Å². The Kier molecular flexibility index (Phi) is 4.29. The fourth-order valence-electron chi connectivity index (χ4n) is 2.04. The van der Waals surface area contributed by atoms with Crippen molar-refractivity contribution in [3.8, 4) is 5.88 Å².